The predicted octanol–water partition coefficient (Wildman–Crippen LogP) is 6.64. The van der Waals surface area contributed by atoms with Gasteiger partial charge >= 0.3 is 62.3 Å². The number of rotatable bonds is 15. The molecule has 0 aromatic carbocycles. The first-order valence-electron chi connectivity index (χ1n) is 7.56. The fourth-order valence-electron chi connectivity index (χ4n) is 1.29. The van der Waals surface area contributed by atoms with Gasteiger partial charge in [0, 0.05) is 0 Å². The summed E-state index contributed by atoms with van der Waals surface area (Å²) in [5.74, 6) is 0. The summed E-state index contributed by atoms with van der Waals surface area (Å²) in [5, 5.41) is 0. The maximum Gasteiger partial charge on any atom is 0.529 e. The van der Waals surface area contributed by atoms with Crippen LogP contribution in [0.2, 0.25) is 0 Å². The van der Waals surface area contributed by atoms with Crippen LogP contribution in [0.1, 0.15) is 0 Å². The van der Waals surface area contributed by atoms with Gasteiger partial charge in [0.25, 0.3) is 0 Å². The van der Waals surface area contributed by atoms with Crippen LogP contribution in [0.3, 0.4) is 0 Å². The van der Waals surface area contributed by atoms with Crippen molar-refractivity contribution in [3.05, 3.63) is 12.3 Å². The topological polar surface area (TPSA) is 64.6 Å². The summed E-state index contributed by atoms with van der Waals surface area (Å²) in [4.78, 5) is 0. The van der Waals surface area contributed by atoms with Gasteiger partial charge in [-0.15, -0.1) is 48.3 Å². The SMILES string of the molecule is FC(F)=COC(F)(F)C(F)OC(F)(F)C(F)(F)OC(F)(F)OC(F)(F)OC(F)(F)OC(F)(F)OC(F)(F)F. The minimum atomic E-state index is -7.30. The van der Waals surface area contributed by atoms with Crippen molar-refractivity contribution >= 4 is 0 Å². The third kappa shape index (κ3) is 12.6. The van der Waals surface area contributed by atoms with Crippen LogP contribution in [0.25, 0.3) is 0 Å². The molecule has 0 bridgehead atoms. The molecule has 38 heavy (non-hydrogen) atoms. The zero-order valence-corrected chi connectivity index (χ0v) is 16.1. The summed E-state index contributed by atoms with van der Waals surface area (Å²) in [6, 6.07) is 0. The number of halogens is 20. The summed E-state index contributed by atoms with van der Waals surface area (Å²) in [5.41, 5.74) is 0. The molecule has 7 nitrogen and oxygen atoms in total. The lowest BCUT2D eigenvalue weighted by atomic mass is 10.5. The number of hydrogen-bond donors (Lipinski definition) is 0. The molecule has 0 aromatic heterocycles. The lowest BCUT2D eigenvalue weighted by Crippen LogP contribution is -2.54. The second-order valence-corrected chi connectivity index (χ2v) is 5.36. The van der Waals surface area contributed by atoms with E-state index < -0.39 is 68.6 Å². The van der Waals surface area contributed by atoms with Gasteiger partial charge in [-0.3, -0.25) is 4.74 Å². The highest BCUT2D eigenvalue weighted by Crippen LogP contribution is 2.45. The highest BCUT2D eigenvalue weighted by Gasteiger charge is 2.69. The molecule has 0 fully saturated rings. The molecule has 0 heterocycles. The van der Waals surface area contributed by atoms with Gasteiger partial charge < -0.3 is 4.74 Å². The van der Waals surface area contributed by atoms with Crippen molar-refractivity contribution in [3.63, 3.8) is 0 Å². The van der Waals surface area contributed by atoms with E-state index in [1.165, 1.54) is 0 Å². The van der Waals surface area contributed by atoms with Crippen LogP contribution in [0.5, 0.6) is 0 Å². The quantitative estimate of drug-likeness (QED) is 0.115. The summed E-state index contributed by atoms with van der Waals surface area (Å²) >= 11 is 0. The predicted molar refractivity (Wildman–Crippen MR) is 63.5 cm³/mol. The molecule has 0 aliphatic heterocycles. The van der Waals surface area contributed by atoms with Crippen LogP contribution < -0.4 is 0 Å². The van der Waals surface area contributed by atoms with Crippen LogP contribution in [-0.2, 0) is 33.2 Å². The third-order valence-electron chi connectivity index (χ3n) is 2.35. The second-order valence-electron chi connectivity index (χ2n) is 5.36. The first kappa shape index (κ1) is 35.9. The van der Waals surface area contributed by atoms with E-state index in [-0.39, 0.29) is 0 Å². The number of hydrogen-bond acceptors (Lipinski definition) is 7. The average Bonchev–Trinajstić information content (AvgIpc) is 2.52. The largest absolute Gasteiger partial charge is 0.529 e. The maximum absolute atomic E-state index is 13.1. The van der Waals surface area contributed by atoms with Crippen LogP contribution in [0.4, 0.5) is 87.8 Å². The fraction of sp³-hybridized carbons (Fsp3) is 0.818. The van der Waals surface area contributed by atoms with Crippen LogP contribution >= 0.6 is 0 Å². The van der Waals surface area contributed by atoms with E-state index in [2.05, 4.69) is 4.74 Å². The van der Waals surface area contributed by atoms with Gasteiger partial charge in [0.1, 0.15) is 0 Å². The summed E-state index contributed by atoms with van der Waals surface area (Å²) in [6.45, 7) is 0. The molecule has 1 unspecified atom stereocenters. The van der Waals surface area contributed by atoms with E-state index in [0.29, 0.717) is 0 Å². The summed E-state index contributed by atoms with van der Waals surface area (Å²) < 4.78 is 264. The van der Waals surface area contributed by atoms with Gasteiger partial charge in [-0.2, -0.15) is 39.9 Å². The second kappa shape index (κ2) is 11.2. The fourth-order valence-corrected chi connectivity index (χ4v) is 1.29. The minimum Gasteiger partial charge on any atom is -0.431 e. The highest BCUT2D eigenvalue weighted by atomic mass is 19.4. The molecule has 1 atom stereocenters. The van der Waals surface area contributed by atoms with Crippen molar-refractivity contribution in [1.82, 2.24) is 0 Å². The third-order valence-corrected chi connectivity index (χ3v) is 2.35. The normalized spacial score (nSPS) is 15.9. The Labute approximate surface area is 191 Å². The molecule has 0 aromatic rings. The first-order valence-corrected chi connectivity index (χ1v) is 7.56. The van der Waals surface area contributed by atoms with Crippen molar-refractivity contribution in [2.45, 2.75) is 56.2 Å². The average molecular weight is 626 g/mol. The van der Waals surface area contributed by atoms with E-state index >= 15 is 0 Å². The Balaban J connectivity index is 5.52. The van der Waals surface area contributed by atoms with Crippen molar-refractivity contribution in [1.29, 1.82) is 0 Å². The molecule has 0 radical (unpaired) electrons. The molecule has 228 valence electrons. The van der Waals surface area contributed by atoms with E-state index in [9.17, 15) is 87.8 Å². The number of alkyl halides is 18. The van der Waals surface area contributed by atoms with Gasteiger partial charge in [-0.1, -0.05) is 0 Å². The van der Waals surface area contributed by atoms with E-state index in [1.807, 2.05) is 4.74 Å². The molecule has 0 N–H and O–H groups in total. The van der Waals surface area contributed by atoms with Crippen molar-refractivity contribution in [2.24, 2.45) is 0 Å². The van der Waals surface area contributed by atoms with Crippen molar-refractivity contribution < 1.29 is 121 Å². The van der Waals surface area contributed by atoms with Crippen LogP contribution in [-0.4, -0.2) is 56.2 Å². The Bertz CT molecular complexity index is 806. The van der Waals surface area contributed by atoms with Gasteiger partial charge in [0.2, 0.25) is 0 Å². The monoisotopic (exact) mass is 626 g/mol. The molecular formula is C11H2F20O7. The van der Waals surface area contributed by atoms with E-state index in [0.717, 1.165) is 0 Å². The Kier molecular flexibility index (Phi) is 10.6. The van der Waals surface area contributed by atoms with Crippen molar-refractivity contribution in [3.8, 4) is 0 Å². The first-order chi connectivity index (χ1) is 16.3. The summed E-state index contributed by atoms with van der Waals surface area (Å²) in [7, 11) is 0. The van der Waals surface area contributed by atoms with Crippen molar-refractivity contribution in [2.75, 3.05) is 0 Å². The molecular weight excluding hydrogens is 624 g/mol. The van der Waals surface area contributed by atoms with Crippen LogP contribution in [0, 0.1) is 0 Å². The lowest BCUT2D eigenvalue weighted by molar-refractivity contribution is -0.631. The smallest absolute Gasteiger partial charge is 0.431 e. The molecule has 0 rings (SSSR count). The van der Waals surface area contributed by atoms with E-state index in [1.54, 1.807) is 23.7 Å². The molecule has 27 heteroatoms. The molecule has 0 spiro atoms. The van der Waals surface area contributed by atoms with Gasteiger partial charge in [-0.05, 0) is 0 Å². The molecule has 0 aliphatic carbocycles. The minimum absolute atomic E-state index is 1.35. The zero-order chi connectivity index (χ0) is 30.8. The molecule has 0 saturated carbocycles. The zero-order valence-electron chi connectivity index (χ0n) is 16.1. The van der Waals surface area contributed by atoms with E-state index in [4.69, 9.17) is 0 Å². The Morgan fingerprint density at radius 3 is 1.18 bits per heavy atom. The van der Waals surface area contributed by atoms with Gasteiger partial charge in [0.05, 0.1) is 0 Å². The van der Waals surface area contributed by atoms with Gasteiger partial charge in [0.15, 0.2) is 6.26 Å². The Morgan fingerprint density at radius 1 is 0.500 bits per heavy atom. The Hall–Kier alpha value is -2.10. The molecule has 0 aliphatic rings. The summed E-state index contributed by atoms with van der Waals surface area (Å²) in [6.07, 6.45) is -64.4. The lowest BCUT2D eigenvalue weighted by Gasteiger charge is -2.31. The standard InChI is InChI=1S/C11H2F20O7/c12-2(13)1-32-4(15,16)3(14)33-5(17,18)6(19,20)34-8(24,25)36-10(28,29)38-11(30,31)37-9(26,27)35-7(21,22)23/h1,3H. The van der Waals surface area contributed by atoms with Gasteiger partial charge in [-0.25, -0.2) is 23.3 Å². The van der Waals surface area contributed by atoms with Crippen LogP contribution in [0.15, 0.2) is 12.3 Å². The molecule has 0 amide bonds. The maximum atomic E-state index is 13.1. The highest BCUT2D eigenvalue weighted by molar-refractivity contribution is 4.75. The Morgan fingerprint density at radius 2 is 0.842 bits per heavy atom. The molecule has 0 saturated heterocycles. The number of ether oxygens (including phenoxy) is 7.